The van der Waals surface area contributed by atoms with E-state index >= 15 is 0 Å². The number of amides is 1. The van der Waals surface area contributed by atoms with Gasteiger partial charge in [0, 0.05) is 43.6 Å². The molecule has 3 rings (SSSR count). The lowest BCUT2D eigenvalue weighted by Gasteiger charge is -2.49. The van der Waals surface area contributed by atoms with Gasteiger partial charge < -0.3 is 21.3 Å². The van der Waals surface area contributed by atoms with Crippen LogP contribution >= 0.6 is 0 Å². The van der Waals surface area contributed by atoms with Crippen LogP contribution in [0.3, 0.4) is 0 Å². The quantitative estimate of drug-likeness (QED) is 0.851. The van der Waals surface area contributed by atoms with Gasteiger partial charge in [0.2, 0.25) is 11.9 Å². The van der Waals surface area contributed by atoms with Crippen molar-refractivity contribution in [1.29, 1.82) is 0 Å². The van der Waals surface area contributed by atoms with Gasteiger partial charge in [0.25, 0.3) is 0 Å². The van der Waals surface area contributed by atoms with E-state index in [9.17, 15) is 4.79 Å². The van der Waals surface area contributed by atoms with Crippen molar-refractivity contribution in [2.45, 2.75) is 45.6 Å². The number of carbonyl (C=O) groups excluding carboxylic acids is 1. The molecule has 2 saturated heterocycles. The Bertz CT molecular complexity index is 584. The zero-order valence-corrected chi connectivity index (χ0v) is 14.0. The van der Waals surface area contributed by atoms with Gasteiger partial charge in [0.05, 0.1) is 0 Å². The molecule has 0 aromatic carbocycles. The maximum atomic E-state index is 12.2. The second-order valence-electron chi connectivity index (χ2n) is 7.15. The lowest BCUT2D eigenvalue weighted by molar-refractivity contribution is -0.140. The number of rotatable bonds is 2. The van der Waals surface area contributed by atoms with Crippen molar-refractivity contribution >= 4 is 23.5 Å². The highest BCUT2D eigenvalue weighted by Crippen LogP contribution is 2.40. The van der Waals surface area contributed by atoms with E-state index in [1.54, 1.807) is 6.07 Å². The molecule has 1 atom stereocenters. The van der Waals surface area contributed by atoms with Crippen LogP contribution in [-0.2, 0) is 4.79 Å². The van der Waals surface area contributed by atoms with Crippen molar-refractivity contribution in [1.82, 2.24) is 14.9 Å². The molecule has 0 unspecified atom stereocenters. The summed E-state index contributed by atoms with van der Waals surface area (Å²) < 4.78 is 0. The first-order valence-electron chi connectivity index (χ1n) is 8.33. The maximum absolute atomic E-state index is 12.2. The van der Waals surface area contributed by atoms with Crippen LogP contribution in [0.1, 0.15) is 39.5 Å². The molecule has 1 aromatic rings. The predicted molar refractivity (Wildman–Crippen MR) is 90.8 cm³/mol. The molecule has 0 saturated carbocycles. The fourth-order valence-electron chi connectivity index (χ4n) is 3.88. The summed E-state index contributed by atoms with van der Waals surface area (Å²) in [6, 6.07) is 2.03. The molecule has 4 N–H and O–H groups in total. The normalized spacial score (nSPS) is 25.4. The van der Waals surface area contributed by atoms with Crippen LogP contribution < -0.4 is 16.4 Å². The minimum absolute atomic E-state index is 0.144. The molecule has 2 aliphatic rings. The van der Waals surface area contributed by atoms with Gasteiger partial charge in [-0.3, -0.25) is 4.79 Å². The van der Waals surface area contributed by atoms with Crippen LogP contribution in [0, 0.1) is 5.41 Å². The van der Waals surface area contributed by atoms with Crippen LogP contribution in [0.4, 0.5) is 17.6 Å². The summed E-state index contributed by atoms with van der Waals surface area (Å²) in [4.78, 5) is 24.7. The van der Waals surface area contributed by atoms with Crippen molar-refractivity contribution < 1.29 is 4.79 Å². The molecule has 3 heterocycles. The van der Waals surface area contributed by atoms with E-state index in [-0.39, 0.29) is 23.3 Å². The summed E-state index contributed by atoms with van der Waals surface area (Å²) >= 11 is 0. The molecule has 2 aliphatic heterocycles. The largest absolute Gasteiger partial charge is 0.383 e. The molecule has 7 heteroatoms. The number of nitrogens with zero attached hydrogens (tertiary/aromatic N) is 4. The Kier molecular flexibility index (Phi) is 4.04. The van der Waals surface area contributed by atoms with Gasteiger partial charge in [0.1, 0.15) is 11.6 Å². The number of hydrogen-bond acceptors (Lipinski definition) is 6. The summed E-state index contributed by atoms with van der Waals surface area (Å²) in [5, 5.41) is 0. The number of nitrogen functional groups attached to an aromatic ring is 2. The van der Waals surface area contributed by atoms with E-state index in [1.165, 1.54) is 0 Å². The Morgan fingerprint density at radius 2 is 2.00 bits per heavy atom. The van der Waals surface area contributed by atoms with Crippen LogP contribution in [0.5, 0.6) is 0 Å². The zero-order chi connectivity index (χ0) is 16.6. The molecular formula is C16H26N6O. The molecule has 23 heavy (non-hydrogen) atoms. The summed E-state index contributed by atoms with van der Waals surface area (Å²) in [7, 11) is 0. The first-order valence-corrected chi connectivity index (χ1v) is 8.33. The van der Waals surface area contributed by atoms with E-state index < -0.39 is 0 Å². The van der Waals surface area contributed by atoms with E-state index in [0.717, 1.165) is 44.7 Å². The van der Waals surface area contributed by atoms with E-state index in [1.807, 2.05) is 4.90 Å². The van der Waals surface area contributed by atoms with Gasteiger partial charge in [-0.15, -0.1) is 0 Å². The van der Waals surface area contributed by atoms with Gasteiger partial charge in [0.15, 0.2) is 0 Å². The Hall–Kier alpha value is -2.05. The van der Waals surface area contributed by atoms with Gasteiger partial charge in [-0.1, -0.05) is 0 Å². The second kappa shape index (κ2) is 5.86. The Morgan fingerprint density at radius 3 is 2.70 bits per heavy atom. The number of aromatic nitrogens is 2. The second-order valence-corrected chi connectivity index (χ2v) is 7.15. The molecule has 2 fully saturated rings. The average molecular weight is 318 g/mol. The summed E-state index contributed by atoms with van der Waals surface area (Å²) in [6.07, 6.45) is 3.82. The lowest BCUT2D eigenvalue weighted by Crippen LogP contribution is -2.55. The van der Waals surface area contributed by atoms with Gasteiger partial charge >= 0.3 is 0 Å². The van der Waals surface area contributed by atoms with Crippen molar-refractivity contribution in [3.8, 4) is 0 Å². The molecule has 126 valence electrons. The standard InChI is InChI=1S/C16H26N6O/c1-11(2)22-10-16(6-4-14(22)23)5-3-7-21(9-16)13-8-12(17)19-15(18)20-13/h8,11H,3-7,9-10H2,1-2H3,(H4,17,18,19,20)/t16-/m0/s1. The molecule has 1 aromatic heterocycles. The SMILES string of the molecule is CC(C)N1C[C@@]2(CCCN(c3cc(N)nc(N)n3)C2)CCC1=O. The first kappa shape index (κ1) is 15.8. The van der Waals surface area contributed by atoms with E-state index in [2.05, 4.69) is 28.7 Å². The van der Waals surface area contributed by atoms with Crippen LogP contribution in [-0.4, -0.2) is 46.5 Å². The zero-order valence-electron chi connectivity index (χ0n) is 14.0. The number of nitrogens with two attached hydrogens (primary N) is 2. The van der Waals surface area contributed by atoms with Crippen molar-refractivity contribution in [3.63, 3.8) is 0 Å². The summed E-state index contributed by atoms with van der Waals surface area (Å²) in [6.45, 7) is 6.83. The number of carbonyl (C=O) groups is 1. The monoisotopic (exact) mass is 318 g/mol. The molecule has 0 aliphatic carbocycles. The Labute approximate surface area is 137 Å². The van der Waals surface area contributed by atoms with Crippen molar-refractivity contribution in [2.24, 2.45) is 5.41 Å². The number of piperidine rings is 2. The molecule has 0 radical (unpaired) electrons. The number of anilines is 3. The third-order valence-corrected chi connectivity index (χ3v) is 5.05. The maximum Gasteiger partial charge on any atom is 0.223 e. The predicted octanol–water partition coefficient (Wildman–Crippen LogP) is 1.26. The van der Waals surface area contributed by atoms with Gasteiger partial charge in [-0.05, 0) is 33.1 Å². The summed E-state index contributed by atoms with van der Waals surface area (Å²) in [5.41, 5.74) is 11.7. The van der Waals surface area contributed by atoms with E-state index in [4.69, 9.17) is 11.5 Å². The van der Waals surface area contributed by atoms with E-state index in [0.29, 0.717) is 12.2 Å². The van der Waals surface area contributed by atoms with Crippen LogP contribution in [0.2, 0.25) is 0 Å². The van der Waals surface area contributed by atoms with Gasteiger partial charge in [-0.25, -0.2) is 0 Å². The molecule has 1 amide bonds. The topological polar surface area (TPSA) is 101 Å². The third-order valence-electron chi connectivity index (χ3n) is 5.05. The first-order chi connectivity index (χ1) is 10.9. The molecule has 7 nitrogen and oxygen atoms in total. The highest BCUT2D eigenvalue weighted by molar-refractivity contribution is 5.77. The van der Waals surface area contributed by atoms with Gasteiger partial charge in [-0.2, -0.15) is 9.97 Å². The highest BCUT2D eigenvalue weighted by Gasteiger charge is 2.42. The van der Waals surface area contributed by atoms with Crippen LogP contribution in [0.15, 0.2) is 6.07 Å². The minimum atomic E-state index is 0.144. The number of likely N-dealkylation sites (tertiary alicyclic amines) is 1. The summed E-state index contributed by atoms with van der Waals surface area (Å²) in [5.74, 6) is 1.68. The fraction of sp³-hybridized carbons (Fsp3) is 0.688. The van der Waals surface area contributed by atoms with Crippen molar-refractivity contribution in [2.75, 3.05) is 36.0 Å². The third kappa shape index (κ3) is 3.18. The average Bonchev–Trinajstić information content (AvgIpc) is 2.49. The Morgan fingerprint density at radius 1 is 1.22 bits per heavy atom. The van der Waals surface area contributed by atoms with Crippen LogP contribution in [0.25, 0.3) is 0 Å². The smallest absolute Gasteiger partial charge is 0.223 e. The molecule has 1 spiro atoms. The molecular weight excluding hydrogens is 292 g/mol. The minimum Gasteiger partial charge on any atom is -0.383 e. The van der Waals surface area contributed by atoms with Crippen molar-refractivity contribution in [3.05, 3.63) is 6.07 Å². The Balaban J connectivity index is 1.81. The number of hydrogen-bond donors (Lipinski definition) is 2. The fourth-order valence-corrected chi connectivity index (χ4v) is 3.88. The lowest BCUT2D eigenvalue weighted by atomic mass is 9.73. The molecule has 0 bridgehead atoms. The highest BCUT2D eigenvalue weighted by atomic mass is 16.2.